The minimum Gasteiger partial charge on any atom is -0.355 e. The fourth-order valence-corrected chi connectivity index (χ4v) is 11.8. The average molecular weight is 1300 g/mol. The first-order valence-electron chi connectivity index (χ1n) is 31.4. The first-order valence-corrected chi connectivity index (χ1v) is 31.4. The molecule has 17 heteroatoms. The van der Waals surface area contributed by atoms with Gasteiger partial charge in [-0.05, 0) is 291 Å². The Morgan fingerprint density at radius 3 is 0.268 bits per heavy atom. The summed E-state index contributed by atoms with van der Waals surface area (Å²) in [5, 5.41) is 0. The van der Waals surface area contributed by atoms with Crippen LogP contribution in [0.2, 0.25) is 0 Å². The van der Waals surface area contributed by atoms with Crippen molar-refractivity contribution in [2.75, 3.05) is 0 Å². The summed E-state index contributed by atoms with van der Waals surface area (Å²) in [4.78, 5) is 64.1. The fraction of sp³-hybridized carbons (Fsp3) is 0. The number of rotatable bonds is 0. The molecule has 0 aromatic carbocycles. The van der Waals surface area contributed by atoms with Gasteiger partial charge in [0.15, 0.2) is 0 Å². The van der Waals surface area contributed by atoms with Crippen molar-refractivity contribution in [3.8, 4) is 0 Å². The van der Waals surface area contributed by atoms with Crippen LogP contribution in [0, 0.1) is 0 Å². The van der Waals surface area contributed by atoms with E-state index in [-0.39, 0.29) is 16.8 Å². The smallest absolute Gasteiger partial charge is 0.0658 e. The molecule has 12 aromatic rings. The Labute approximate surface area is 563 Å². The molecule has 0 amide bonds. The maximum Gasteiger partial charge on any atom is 0.0658 e. The van der Waals surface area contributed by atoms with Gasteiger partial charge in [-0.15, -0.1) is 0 Å². The van der Waals surface area contributed by atoms with Gasteiger partial charge in [0.25, 0.3) is 0 Å². The van der Waals surface area contributed by atoms with Crippen LogP contribution in [0.25, 0.3) is 185 Å². The maximum atomic E-state index is 4.63. The number of fused-ring (bicyclic) bond motifs is 32. The molecule has 20 rings (SSSR count). The molecule has 16 nitrogen and oxygen atoms in total. The van der Waals surface area contributed by atoms with Crippen molar-refractivity contribution in [2.45, 2.75) is 0 Å². The predicted octanol–water partition coefficient (Wildman–Crippen LogP) is 18.6. The molecule has 0 spiro atoms. The van der Waals surface area contributed by atoms with Crippen molar-refractivity contribution >= 4 is 185 Å². The Hall–Kier alpha value is -13.1. The standard InChI is InChI=1S/4C20H14N4.Co/c4*1-2-14-10-16-5-6-18(23-16)12-20-8-7-19(24-20)11-17-4-3-15(22-17)9-13(1)21-14;/h4*1-12,21,24H;. The van der Waals surface area contributed by atoms with Gasteiger partial charge < -0.3 is 39.9 Å². The molecule has 0 saturated heterocycles. The topological polar surface area (TPSA) is 229 Å². The molecule has 0 aliphatic carbocycles. The number of H-pyrrole nitrogens is 8. The van der Waals surface area contributed by atoms with Crippen molar-refractivity contribution in [2.24, 2.45) is 0 Å². The second-order valence-electron chi connectivity index (χ2n) is 23.6. The number of nitrogens with zero attached hydrogens (tertiary/aromatic N) is 8. The Morgan fingerprint density at radius 2 is 0.196 bits per heavy atom. The van der Waals surface area contributed by atoms with E-state index < -0.39 is 0 Å². The van der Waals surface area contributed by atoms with Crippen molar-refractivity contribution in [3.05, 3.63) is 285 Å². The van der Waals surface area contributed by atoms with Gasteiger partial charge >= 0.3 is 0 Å². The third-order valence-electron chi connectivity index (χ3n) is 16.2. The number of nitrogens with one attached hydrogen (secondary N) is 8. The van der Waals surface area contributed by atoms with Gasteiger partial charge in [-0.25, -0.2) is 39.9 Å². The van der Waals surface area contributed by atoms with Gasteiger partial charge in [-0.1, -0.05) is 0 Å². The molecular weight excluding hydrogens is 1240 g/mol. The third kappa shape index (κ3) is 14.3. The van der Waals surface area contributed by atoms with Crippen LogP contribution in [0.1, 0.15) is 91.1 Å². The van der Waals surface area contributed by atoms with Crippen LogP contribution >= 0.6 is 0 Å². The Morgan fingerprint density at radius 1 is 0.124 bits per heavy atom. The monoisotopic (exact) mass is 1300 g/mol. The molecule has 465 valence electrons. The zero-order valence-electron chi connectivity index (χ0n) is 51.6. The number of hydrogen-bond acceptors (Lipinski definition) is 8. The predicted molar refractivity (Wildman–Crippen MR) is 395 cm³/mol. The second kappa shape index (κ2) is 25.8. The van der Waals surface area contributed by atoms with E-state index in [1.54, 1.807) is 0 Å². The van der Waals surface area contributed by atoms with Crippen LogP contribution in [0.5, 0.6) is 0 Å². The van der Waals surface area contributed by atoms with E-state index in [0.717, 1.165) is 179 Å². The minimum atomic E-state index is 0. The Kier molecular flexibility index (Phi) is 15.7. The van der Waals surface area contributed by atoms with Gasteiger partial charge in [0.2, 0.25) is 0 Å². The molecule has 12 aromatic heterocycles. The maximum absolute atomic E-state index is 4.63. The summed E-state index contributed by atoms with van der Waals surface area (Å²) in [5.74, 6) is 0. The molecule has 0 atom stereocenters. The Balaban J connectivity index is 0.000000101. The van der Waals surface area contributed by atoms with E-state index in [0.29, 0.717) is 0 Å². The summed E-state index contributed by atoms with van der Waals surface area (Å²) in [6.45, 7) is 0. The summed E-state index contributed by atoms with van der Waals surface area (Å²) in [5.41, 5.74) is 31.4. The molecule has 0 unspecified atom stereocenters. The van der Waals surface area contributed by atoms with E-state index in [1.165, 1.54) is 0 Å². The first-order chi connectivity index (χ1) is 47.2. The second-order valence-corrected chi connectivity index (χ2v) is 23.6. The van der Waals surface area contributed by atoms with Gasteiger partial charge in [-0.3, -0.25) is 0 Å². The average Bonchev–Trinajstić information content (AvgIpc) is 1.77. The number of hydrogen-bond donors (Lipinski definition) is 8. The molecule has 8 N–H and O–H groups in total. The molecule has 8 aliphatic heterocycles. The van der Waals surface area contributed by atoms with Crippen LogP contribution in [0.15, 0.2) is 194 Å². The number of aromatic nitrogens is 16. The minimum absolute atomic E-state index is 0. The zero-order chi connectivity index (χ0) is 63.7. The third-order valence-corrected chi connectivity index (χ3v) is 16.2. The van der Waals surface area contributed by atoms with E-state index >= 15 is 0 Å². The van der Waals surface area contributed by atoms with Crippen LogP contribution in [-0.4, -0.2) is 79.7 Å². The van der Waals surface area contributed by atoms with E-state index in [2.05, 4.69) is 177 Å². The molecule has 32 bridgehead atoms. The van der Waals surface area contributed by atoms with Crippen molar-refractivity contribution in [1.29, 1.82) is 0 Å². The summed E-state index contributed by atoms with van der Waals surface area (Å²) in [6, 6.07) is 65.4. The van der Waals surface area contributed by atoms with Crippen LogP contribution < -0.4 is 0 Å². The molecule has 20 heterocycles. The number of aromatic amines is 8. The van der Waals surface area contributed by atoms with E-state index in [9.17, 15) is 0 Å². The quantitative estimate of drug-likeness (QED) is 0.0726. The van der Waals surface area contributed by atoms with Crippen molar-refractivity contribution < 1.29 is 16.8 Å². The summed E-state index contributed by atoms with van der Waals surface area (Å²) in [6.07, 6.45) is 32.4. The van der Waals surface area contributed by atoms with Gasteiger partial charge in [0.1, 0.15) is 0 Å². The van der Waals surface area contributed by atoms with Crippen LogP contribution in [0.3, 0.4) is 0 Å². The molecule has 1 radical (unpaired) electrons. The van der Waals surface area contributed by atoms with Crippen molar-refractivity contribution in [3.63, 3.8) is 0 Å². The summed E-state index contributed by atoms with van der Waals surface area (Å²) >= 11 is 0. The SMILES string of the molecule is C1=Cc2cc3ccc(cc4nc(cc5ccc(cc1n2)[nH]5)C=C4)[nH]3.C1=Cc2cc3ccc(cc4nc(cc5ccc(cc1n2)[nH]5)C=C4)[nH]3.C1=Cc2cc3ccc(cc4nc(cc5ccc(cc1n2)[nH]5)C=C4)[nH]3.C1=Cc2cc3ccc(cc4nc(cc5ccc(cc1n2)[nH]5)C=C4)[nH]3.[Co]. The van der Waals surface area contributed by atoms with Crippen molar-refractivity contribution in [1.82, 2.24) is 79.7 Å². The zero-order valence-corrected chi connectivity index (χ0v) is 52.7. The van der Waals surface area contributed by atoms with Gasteiger partial charge in [0.05, 0.1) is 91.1 Å². The first kappa shape index (κ1) is 59.0. The summed E-state index contributed by atoms with van der Waals surface area (Å²) in [7, 11) is 0. The molecule has 0 fully saturated rings. The largest absolute Gasteiger partial charge is 0.355 e. The molecule has 97 heavy (non-hydrogen) atoms. The Bertz CT molecular complexity index is 4690. The molecule has 8 aliphatic rings. The summed E-state index contributed by atoms with van der Waals surface area (Å²) < 4.78 is 0. The fourth-order valence-electron chi connectivity index (χ4n) is 11.8. The van der Waals surface area contributed by atoms with Gasteiger partial charge in [-0.2, -0.15) is 0 Å². The molecule has 0 saturated carbocycles. The van der Waals surface area contributed by atoms with E-state index in [1.807, 2.05) is 194 Å². The molecular formula is C80H56CoN16. The van der Waals surface area contributed by atoms with Crippen LogP contribution in [0.4, 0.5) is 0 Å². The normalized spacial score (nSPS) is 12.5. The van der Waals surface area contributed by atoms with Gasteiger partial charge in [0, 0.05) is 105 Å². The van der Waals surface area contributed by atoms with E-state index in [4.69, 9.17) is 0 Å². The van der Waals surface area contributed by atoms with Crippen LogP contribution in [-0.2, 0) is 16.8 Å².